The molecule has 34 heavy (non-hydrogen) atoms. The third kappa shape index (κ3) is 4.79. The van der Waals surface area contributed by atoms with Crippen LogP contribution in [0.3, 0.4) is 0 Å². The van der Waals surface area contributed by atoms with Gasteiger partial charge < -0.3 is 20.1 Å². The van der Waals surface area contributed by atoms with E-state index in [1.165, 1.54) is 0 Å². The number of aliphatic carboxylic acids is 1. The smallest absolute Gasteiger partial charge is 0.407 e. The number of hydrogen-bond donors (Lipinski definition) is 2. The molecule has 0 bridgehead atoms. The summed E-state index contributed by atoms with van der Waals surface area (Å²) >= 11 is 0. The minimum absolute atomic E-state index is 0.0388. The van der Waals surface area contributed by atoms with E-state index in [0.717, 1.165) is 22.3 Å². The number of nitrogens with zero attached hydrogens (tertiary/aromatic N) is 1. The second-order valence-electron chi connectivity index (χ2n) is 9.77. The molecule has 7 nitrogen and oxygen atoms in total. The highest BCUT2D eigenvalue weighted by atomic mass is 16.5. The topological polar surface area (TPSA) is 95.9 Å². The Balaban J connectivity index is 1.40. The molecule has 7 heteroatoms. The number of amides is 2. The summed E-state index contributed by atoms with van der Waals surface area (Å²) < 4.78 is 5.63. The molecule has 1 aliphatic heterocycles. The molecule has 1 fully saturated rings. The summed E-state index contributed by atoms with van der Waals surface area (Å²) in [5.41, 5.74) is 4.56. The van der Waals surface area contributed by atoms with Crippen LogP contribution in [0.15, 0.2) is 48.5 Å². The number of carboxylic acid groups (broad SMARTS) is 1. The van der Waals surface area contributed by atoms with Crippen molar-refractivity contribution in [3.05, 3.63) is 59.7 Å². The number of carboxylic acids is 1. The molecule has 2 aliphatic rings. The van der Waals surface area contributed by atoms with Gasteiger partial charge >= 0.3 is 12.1 Å². The zero-order chi connectivity index (χ0) is 24.4. The van der Waals surface area contributed by atoms with E-state index in [0.29, 0.717) is 13.1 Å². The van der Waals surface area contributed by atoms with Gasteiger partial charge in [0.05, 0.1) is 6.42 Å². The van der Waals surface area contributed by atoms with Crippen molar-refractivity contribution in [2.45, 2.75) is 39.2 Å². The standard InChI is InChI=1S/C27H32N2O5/c1-16(2)25(26(32)29-13-17(3)18(14-29)12-24(30)31)28-27(33)34-15-23-21-10-6-4-8-19(21)20-9-5-7-11-22(20)23/h4-11,16-18,23,25H,12-15H2,1-3H3,(H,28,33)(H,30,31). The summed E-state index contributed by atoms with van der Waals surface area (Å²) in [5, 5.41) is 11.9. The van der Waals surface area contributed by atoms with Crippen LogP contribution in [-0.2, 0) is 14.3 Å². The highest BCUT2D eigenvalue weighted by Crippen LogP contribution is 2.44. The molecule has 1 aliphatic carbocycles. The first-order valence-corrected chi connectivity index (χ1v) is 11.9. The van der Waals surface area contributed by atoms with Crippen molar-refractivity contribution in [2.24, 2.45) is 17.8 Å². The second kappa shape index (κ2) is 9.87. The van der Waals surface area contributed by atoms with E-state index in [2.05, 4.69) is 29.6 Å². The van der Waals surface area contributed by atoms with E-state index < -0.39 is 18.1 Å². The number of carbonyl (C=O) groups excluding carboxylic acids is 2. The number of ether oxygens (including phenoxy) is 1. The Morgan fingerprint density at radius 2 is 1.62 bits per heavy atom. The second-order valence-corrected chi connectivity index (χ2v) is 9.77. The molecule has 2 N–H and O–H groups in total. The summed E-state index contributed by atoms with van der Waals surface area (Å²) in [6.07, 6.45) is -0.583. The van der Waals surface area contributed by atoms with Gasteiger partial charge in [0, 0.05) is 19.0 Å². The maximum atomic E-state index is 13.2. The number of rotatable bonds is 7. The number of likely N-dealkylation sites (tertiary alicyclic amines) is 1. The van der Waals surface area contributed by atoms with E-state index in [1.54, 1.807) is 4.90 Å². The van der Waals surface area contributed by atoms with E-state index in [4.69, 9.17) is 9.84 Å². The van der Waals surface area contributed by atoms with Crippen LogP contribution in [0, 0.1) is 17.8 Å². The van der Waals surface area contributed by atoms with E-state index in [-0.39, 0.29) is 42.6 Å². The molecule has 0 radical (unpaired) electrons. The molecule has 2 amide bonds. The number of carbonyl (C=O) groups is 3. The Hall–Kier alpha value is -3.35. The lowest BCUT2D eigenvalue weighted by molar-refractivity contribution is -0.139. The Labute approximate surface area is 200 Å². The van der Waals surface area contributed by atoms with Gasteiger partial charge in [-0.05, 0) is 40.0 Å². The van der Waals surface area contributed by atoms with E-state index >= 15 is 0 Å². The lowest BCUT2D eigenvalue weighted by Crippen LogP contribution is -2.51. The molecule has 3 unspecified atom stereocenters. The third-order valence-electron chi connectivity index (χ3n) is 7.07. The zero-order valence-electron chi connectivity index (χ0n) is 19.9. The molecule has 4 rings (SSSR count). The van der Waals surface area contributed by atoms with Crippen molar-refractivity contribution in [3.8, 4) is 11.1 Å². The summed E-state index contributed by atoms with van der Waals surface area (Å²) in [4.78, 5) is 38.7. The Bertz CT molecular complexity index is 1040. The van der Waals surface area contributed by atoms with Crippen molar-refractivity contribution in [3.63, 3.8) is 0 Å². The van der Waals surface area contributed by atoms with Gasteiger partial charge in [0.1, 0.15) is 12.6 Å². The average molecular weight is 465 g/mol. The van der Waals surface area contributed by atoms with Crippen LogP contribution in [0.2, 0.25) is 0 Å². The van der Waals surface area contributed by atoms with Gasteiger partial charge in [-0.2, -0.15) is 0 Å². The molecule has 2 aromatic rings. The Kier molecular flexibility index (Phi) is 6.91. The Morgan fingerprint density at radius 3 is 2.18 bits per heavy atom. The molecule has 1 saturated heterocycles. The fourth-order valence-corrected chi connectivity index (χ4v) is 5.18. The van der Waals surface area contributed by atoms with Crippen LogP contribution in [0.25, 0.3) is 11.1 Å². The number of benzene rings is 2. The van der Waals surface area contributed by atoms with Crippen LogP contribution in [-0.4, -0.2) is 53.7 Å². The largest absolute Gasteiger partial charge is 0.481 e. The minimum atomic E-state index is -0.858. The molecule has 0 aromatic heterocycles. The summed E-state index contributed by atoms with van der Waals surface area (Å²) in [6.45, 7) is 6.78. The van der Waals surface area contributed by atoms with Crippen molar-refractivity contribution < 1.29 is 24.2 Å². The first-order valence-electron chi connectivity index (χ1n) is 11.9. The minimum Gasteiger partial charge on any atom is -0.481 e. The number of fused-ring (bicyclic) bond motifs is 3. The summed E-state index contributed by atoms with van der Waals surface area (Å²) in [7, 11) is 0. The molecule has 0 saturated carbocycles. The molecular formula is C27H32N2O5. The third-order valence-corrected chi connectivity index (χ3v) is 7.07. The molecule has 0 spiro atoms. The predicted octanol–water partition coefficient (Wildman–Crippen LogP) is 4.12. The molecule has 180 valence electrons. The molecule has 3 atom stereocenters. The van der Waals surface area contributed by atoms with Gasteiger partial charge in [0.2, 0.25) is 5.91 Å². The predicted molar refractivity (Wildman–Crippen MR) is 128 cm³/mol. The van der Waals surface area contributed by atoms with Gasteiger partial charge in [-0.15, -0.1) is 0 Å². The monoisotopic (exact) mass is 464 g/mol. The fraction of sp³-hybridized carbons (Fsp3) is 0.444. The van der Waals surface area contributed by atoms with Crippen LogP contribution < -0.4 is 5.32 Å². The van der Waals surface area contributed by atoms with Gasteiger partial charge in [-0.25, -0.2) is 4.79 Å². The van der Waals surface area contributed by atoms with Crippen molar-refractivity contribution >= 4 is 18.0 Å². The molecular weight excluding hydrogens is 432 g/mol. The van der Waals surface area contributed by atoms with Crippen LogP contribution in [0.4, 0.5) is 4.79 Å². The average Bonchev–Trinajstić information content (AvgIpc) is 3.32. The maximum absolute atomic E-state index is 13.2. The van der Waals surface area contributed by atoms with Crippen LogP contribution >= 0.6 is 0 Å². The summed E-state index contributed by atoms with van der Waals surface area (Å²) in [6, 6.07) is 15.5. The van der Waals surface area contributed by atoms with Crippen molar-refractivity contribution in [1.82, 2.24) is 10.2 Å². The van der Waals surface area contributed by atoms with Gasteiger partial charge in [-0.1, -0.05) is 69.3 Å². The normalized spacial score (nSPS) is 20.1. The van der Waals surface area contributed by atoms with E-state index in [9.17, 15) is 14.4 Å². The van der Waals surface area contributed by atoms with Gasteiger partial charge in [0.15, 0.2) is 0 Å². The molecule has 2 aromatic carbocycles. The van der Waals surface area contributed by atoms with Crippen LogP contribution in [0.1, 0.15) is 44.2 Å². The highest BCUT2D eigenvalue weighted by molar-refractivity contribution is 5.86. The number of hydrogen-bond acceptors (Lipinski definition) is 4. The number of alkyl carbamates (subject to hydrolysis) is 1. The SMILES string of the molecule is CC(C)C(NC(=O)OCC1c2ccccc2-c2ccccc21)C(=O)N1CC(C)C(CC(=O)O)C1. The fourth-order valence-electron chi connectivity index (χ4n) is 5.18. The summed E-state index contributed by atoms with van der Waals surface area (Å²) in [5.74, 6) is -1.22. The van der Waals surface area contributed by atoms with E-state index in [1.807, 2.05) is 45.0 Å². The first-order chi connectivity index (χ1) is 16.3. The molecule has 1 heterocycles. The van der Waals surface area contributed by atoms with Gasteiger partial charge in [-0.3, -0.25) is 9.59 Å². The van der Waals surface area contributed by atoms with Crippen molar-refractivity contribution in [2.75, 3.05) is 19.7 Å². The lowest BCUT2D eigenvalue weighted by Gasteiger charge is -2.27. The van der Waals surface area contributed by atoms with Crippen LogP contribution in [0.5, 0.6) is 0 Å². The lowest BCUT2D eigenvalue weighted by atomic mass is 9.95. The Morgan fingerprint density at radius 1 is 1.03 bits per heavy atom. The highest BCUT2D eigenvalue weighted by Gasteiger charge is 2.38. The van der Waals surface area contributed by atoms with Crippen molar-refractivity contribution in [1.29, 1.82) is 0 Å². The maximum Gasteiger partial charge on any atom is 0.407 e. The zero-order valence-corrected chi connectivity index (χ0v) is 19.9. The van der Waals surface area contributed by atoms with Gasteiger partial charge in [0.25, 0.3) is 0 Å². The first kappa shape index (κ1) is 23.8. The quantitative estimate of drug-likeness (QED) is 0.643. The number of nitrogens with one attached hydrogen (secondary N) is 1.